The van der Waals surface area contributed by atoms with Gasteiger partial charge in [-0.2, -0.15) is 0 Å². The molecule has 2 rings (SSSR count). The second-order valence-corrected chi connectivity index (χ2v) is 5.30. The Bertz CT molecular complexity index is 636. The number of amides is 1. The number of halogens is 3. The number of carbonyl (C=O) groups is 1. The molecule has 4 nitrogen and oxygen atoms in total. The van der Waals surface area contributed by atoms with Gasteiger partial charge in [-0.25, -0.2) is 0 Å². The summed E-state index contributed by atoms with van der Waals surface area (Å²) in [6.07, 6.45) is 1.66. The molecule has 0 radical (unpaired) electrons. The second-order valence-electron chi connectivity index (χ2n) is 4.08. The van der Waals surface area contributed by atoms with Crippen LogP contribution in [0.25, 0.3) is 0 Å². The standard InChI is InChI=1S/C14H11Cl3N2O2/c15-10-5-12(17)13(6-11(10)16)21-8-14(20)19-7-9-3-1-2-4-18-9/h1-6H,7-8H2,(H,19,20). The fraction of sp³-hybridized carbons (Fsp3) is 0.143. The van der Waals surface area contributed by atoms with Crippen LogP contribution in [0.5, 0.6) is 5.75 Å². The van der Waals surface area contributed by atoms with Gasteiger partial charge in [0.1, 0.15) is 5.75 Å². The number of carbonyl (C=O) groups excluding carboxylic acids is 1. The summed E-state index contributed by atoms with van der Waals surface area (Å²) in [5.74, 6) is 0.0156. The first kappa shape index (κ1) is 15.9. The normalized spacial score (nSPS) is 10.2. The molecule has 1 amide bonds. The predicted octanol–water partition coefficient (Wildman–Crippen LogP) is 3.74. The van der Waals surface area contributed by atoms with Crippen LogP contribution in [0.3, 0.4) is 0 Å². The average Bonchev–Trinajstić information content (AvgIpc) is 2.48. The van der Waals surface area contributed by atoms with Crippen LogP contribution in [0.1, 0.15) is 5.69 Å². The quantitative estimate of drug-likeness (QED) is 0.840. The number of aromatic nitrogens is 1. The summed E-state index contributed by atoms with van der Waals surface area (Å²) in [6, 6.07) is 8.41. The van der Waals surface area contributed by atoms with E-state index in [1.807, 2.05) is 12.1 Å². The Morgan fingerprint density at radius 2 is 1.90 bits per heavy atom. The van der Waals surface area contributed by atoms with Crippen LogP contribution in [0.2, 0.25) is 15.1 Å². The highest BCUT2D eigenvalue weighted by Gasteiger charge is 2.09. The first-order chi connectivity index (χ1) is 10.1. The Morgan fingerprint density at radius 1 is 1.14 bits per heavy atom. The van der Waals surface area contributed by atoms with Gasteiger partial charge in [0.25, 0.3) is 5.91 Å². The molecule has 0 fully saturated rings. The average molecular weight is 346 g/mol. The van der Waals surface area contributed by atoms with Crippen molar-refractivity contribution >= 4 is 40.7 Å². The number of benzene rings is 1. The maximum atomic E-state index is 11.7. The zero-order valence-corrected chi connectivity index (χ0v) is 13.0. The monoisotopic (exact) mass is 344 g/mol. The fourth-order valence-electron chi connectivity index (χ4n) is 1.50. The van der Waals surface area contributed by atoms with Crippen LogP contribution in [-0.2, 0) is 11.3 Å². The number of pyridine rings is 1. The first-order valence-corrected chi connectivity index (χ1v) is 7.13. The molecule has 0 aliphatic rings. The number of hydrogen-bond acceptors (Lipinski definition) is 3. The van der Waals surface area contributed by atoms with Gasteiger partial charge in [0.05, 0.1) is 27.3 Å². The molecule has 0 aliphatic heterocycles. The molecule has 0 atom stereocenters. The number of rotatable bonds is 5. The van der Waals surface area contributed by atoms with Crippen molar-refractivity contribution < 1.29 is 9.53 Å². The van der Waals surface area contributed by atoms with E-state index in [1.54, 1.807) is 12.3 Å². The topological polar surface area (TPSA) is 51.2 Å². The molecule has 1 N–H and O–H groups in total. The van der Waals surface area contributed by atoms with E-state index in [1.165, 1.54) is 12.1 Å². The highest BCUT2D eigenvalue weighted by Crippen LogP contribution is 2.33. The third-order valence-corrected chi connectivity index (χ3v) is 3.54. The molecule has 1 aromatic heterocycles. The van der Waals surface area contributed by atoms with E-state index in [-0.39, 0.29) is 12.5 Å². The van der Waals surface area contributed by atoms with Gasteiger partial charge in [0.2, 0.25) is 0 Å². The molecule has 0 saturated heterocycles. The highest BCUT2D eigenvalue weighted by atomic mass is 35.5. The Balaban J connectivity index is 1.85. The van der Waals surface area contributed by atoms with Gasteiger partial charge in [-0.15, -0.1) is 0 Å². The number of ether oxygens (including phenoxy) is 1. The maximum Gasteiger partial charge on any atom is 0.258 e. The number of nitrogens with one attached hydrogen (secondary N) is 1. The van der Waals surface area contributed by atoms with E-state index in [2.05, 4.69) is 10.3 Å². The largest absolute Gasteiger partial charge is 0.482 e. The summed E-state index contributed by atoms with van der Waals surface area (Å²) < 4.78 is 5.32. The molecule has 0 saturated carbocycles. The molecule has 0 unspecified atom stereocenters. The van der Waals surface area contributed by atoms with E-state index in [0.29, 0.717) is 27.4 Å². The Hall–Kier alpha value is -1.49. The lowest BCUT2D eigenvalue weighted by atomic mass is 10.3. The molecular formula is C14H11Cl3N2O2. The zero-order valence-electron chi connectivity index (χ0n) is 10.8. The molecule has 1 aromatic carbocycles. The summed E-state index contributed by atoms with van der Waals surface area (Å²) in [7, 11) is 0. The minimum atomic E-state index is -0.289. The minimum Gasteiger partial charge on any atom is -0.482 e. The van der Waals surface area contributed by atoms with E-state index in [4.69, 9.17) is 39.5 Å². The highest BCUT2D eigenvalue weighted by molar-refractivity contribution is 6.43. The lowest BCUT2D eigenvalue weighted by molar-refractivity contribution is -0.123. The van der Waals surface area contributed by atoms with Crippen LogP contribution in [-0.4, -0.2) is 17.5 Å². The van der Waals surface area contributed by atoms with Gasteiger partial charge in [0, 0.05) is 12.3 Å². The summed E-state index contributed by atoms with van der Waals surface area (Å²) in [5.41, 5.74) is 0.762. The molecular weight excluding hydrogens is 335 g/mol. The summed E-state index contributed by atoms with van der Waals surface area (Å²) in [6.45, 7) is 0.155. The SMILES string of the molecule is O=C(COc1cc(Cl)c(Cl)cc1Cl)NCc1ccccn1. The molecule has 1 heterocycles. The summed E-state index contributed by atoms with van der Waals surface area (Å²) in [4.78, 5) is 15.8. The van der Waals surface area contributed by atoms with Crippen molar-refractivity contribution in [2.24, 2.45) is 0 Å². The molecule has 0 spiro atoms. The Labute approximate surface area is 137 Å². The van der Waals surface area contributed by atoms with Gasteiger partial charge in [-0.3, -0.25) is 9.78 Å². The van der Waals surface area contributed by atoms with Crippen LogP contribution in [0.4, 0.5) is 0 Å². The third-order valence-electron chi connectivity index (χ3n) is 2.53. The smallest absolute Gasteiger partial charge is 0.258 e. The van der Waals surface area contributed by atoms with Gasteiger partial charge in [-0.05, 0) is 18.2 Å². The Kier molecular flexibility index (Phi) is 5.67. The van der Waals surface area contributed by atoms with E-state index >= 15 is 0 Å². The number of nitrogens with zero attached hydrogens (tertiary/aromatic N) is 1. The van der Waals surface area contributed by atoms with Crippen LogP contribution in [0, 0.1) is 0 Å². The molecule has 21 heavy (non-hydrogen) atoms. The van der Waals surface area contributed by atoms with Crippen molar-refractivity contribution in [3.05, 3.63) is 57.3 Å². The van der Waals surface area contributed by atoms with Crippen LogP contribution < -0.4 is 10.1 Å². The molecule has 110 valence electrons. The van der Waals surface area contributed by atoms with Crippen molar-refractivity contribution in [2.45, 2.75) is 6.54 Å². The van der Waals surface area contributed by atoms with E-state index in [9.17, 15) is 4.79 Å². The minimum absolute atomic E-state index is 0.176. The van der Waals surface area contributed by atoms with Gasteiger partial charge in [0.15, 0.2) is 6.61 Å². The van der Waals surface area contributed by atoms with Gasteiger partial charge >= 0.3 is 0 Å². The van der Waals surface area contributed by atoms with Gasteiger partial charge < -0.3 is 10.1 Å². The summed E-state index contributed by atoms with van der Waals surface area (Å²) in [5, 5.41) is 3.62. The predicted molar refractivity (Wildman–Crippen MR) is 83.1 cm³/mol. The lowest BCUT2D eigenvalue weighted by Gasteiger charge is -2.09. The number of hydrogen-bond donors (Lipinski definition) is 1. The molecule has 7 heteroatoms. The zero-order chi connectivity index (χ0) is 15.2. The molecule has 0 bridgehead atoms. The van der Waals surface area contributed by atoms with Crippen molar-refractivity contribution in [2.75, 3.05) is 6.61 Å². The van der Waals surface area contributed by atoms with Crippen molar-refractivity contribution in [1.82, 2.24) is 10.3 Å². The van der Waals surface area contributed by atoms with Crippen molar-refractivity contribution in [3.8, 4) is 5.75 Å². The summed E-state index contributed by atoms with van der Waals surface area (Å²) >= 11 is 17.6. The van der Waals surface area contributed by atoms with Crippen molar-refractivity contribution in [3.63, 3.8) is 0 Å². The van der Waals surface area contributed by atoms with Crippen LogP contribution in [0.15, 0.2) is 36.5 Å². The lowest BCUT2D eigenvalue weighted by Crippen LogP contribution is -2.28. The van der Waals surface area contributed by atoms with Gasteiger partial charge in [-0.1, -0.05) is 40.9 Å². The Morgan fingerprint density at radius 3 is 2.62 bits per heavy atom. The molecule has 0 aliphatic carbocycles. The van der Waals surface area contributed by atoms with Crippen molar-refractivity contribution in [1.29, 1.82) is 0 Å². The maximum absolute atomic E-state index is 11.7. The van der Waals surface area contributed by atoms with E-state index < -0.39 is 0 Å². The first-order valence-electron chi connectivity index (χ1n) is 6.00. The second kappa shape index (κ2) is 7.50. The van der Waals surface area contributed by atoms with Crippen LogP contribution >= 0.6 is 34.8 Å². The molecule has 2 aromatic rings. The van der Waals surface area contributed by atoms with E-state index in [0.717, 1.165) is 5.69 Å². The third kappa shape index (κ3) is 4.77. The fourth-order valence-corrected chi connectivity index (χ4v) is 2.09.